The summed E-state index contributed by atoms with van der Waals surface area (Å²) >= 11 is 0. The molecule has 2 aliphatic carbocycles. The highest BCUT2D eigenvalue weighted by molar-refractivity contribution is 7.92. The van der Waals surface area contributed by atoms with E-state index in [4.69, 9.17) is 0 Å². The maximum atomic E-state index is 12.7. The summed E-state index contributed by atoms with van der Waals surface area (Å²) in [5.41, 5.74) is 0.944. The summed E-state index contributed by atoms with van der Waals surface area (Å²) < 4.78 is 25.3. The van der Waals surface area contributed by atoms with Gasteiger partial charge in [0.2, 0.25) is 0 Å². The average molecular weight is 337 g/mol. The van der Waals surface area contributed by atoms with Crippen LogP contribution >= 0.6 is 0 Å². The molecule has 1 aromatic heterocycles. The number of sulfone groups is 1. The maximum absolute atomic E-state index is 12.7. The van der Waals surface area contributed by atoms with E-state index in [1.807, 2.05) is 6.07 Å². The van der Waals surface area contributed by atoms with Crippen LogP contribution in [-0.4, -0.2) is 23.9 Å². The van der Waals surface area contributed by atoms with Gasteiger partial charge in [-0.2, -0.15) is 5.10 Å². The molecule has 2 saturated carbocycles. The van der Waals surface area contributed by atoms with Crippen LogP contribution < -0.4 is 0 Å². The summed E-state index contributed by atoms with van der Waals surface area (Å²) in [6.45, 7) is 2.20. The number of hydrogen-bond acceptors (Lipinski definition) is 4. The van der Waals surface area contributed by atoms with Crippen molar-refractivity contribution in [1.82, 2.24) is 10.2 Å². The Morgan fingerprint density at radius 1 is 0.913 bits per heavy atom. The van der Waals surface area contributed by atoms with Gasteiger partial charge in [-0.25, -0.2) is 8.42 Å². The second-order valence-electron chi connectivity index (χ2n) is 7.29. The van der Waals surface area contributed by atoms with Gasteiger partial charge in [-0.3, -0.25) is 0 Å². The van der Waals surface area contributed by atoms with E-state index in [-0.39, 0.29) is 10.3 Å². The van der Waals surface area contributed by atoms with Crippen molar-refractivity contribution < 1.29 is 8.42 Å². The van der Waals surface area contributed by atoms with E-state index < -0.39 is 9.84 Å². The average Bonchev–Trinajstić information content (AvgIpc) is 2.63. The lowest BCUT2D eigenvalue weighted by molar-refractivity contribution is 0.311. The first-order chi connectivity index (χ1) is 11.1. The van der Waals surface area contributed by atoms with E-state index in [0.717, 1.165) is 37.8 Å². The fourth-order valence-corrected chi connectivity index (χ4v) is 5.85. The van der Waals surface area contributed by atoms with E-state index in [1.54, 1.807) is 6.07 Å². The molecule has 0 bridgehead atoms. The summed E-state index contributed by atoms with van der Waals surface area (Å²) in [7, 11) is -3.30. The molecule has 0 N–H and O–H groups in total. The largest absolute Gasteiger partial charge is 0.222 e. The van der Waals surface area contributed by atoms with Crippen molar-refractivity contribution in [2.24, 2.45) is 5.92 Å². The molecule has 2 fully saturated rings. The van der Waals surface area contributed by atoms with Crippen LogP contribution in [0.2, 0.25) is 0 Å². The van der Waals surface area contributed by atoms with Gasteiger partial charge in [0.25, 0.3) is 0 Å². The molecule has 0 aliphatic heterocycles. The Morgan fingerprint density at radius 3 is 2.09 bits per heavy atom. The predicted molar refractivity (Wildman–Crippen MR) is 91.1 cm³/mol. The van der Waals surface area contributed by atoms with E-state index in [1.165, 1.54) is 32.1 Å². The van der Waals surface area contributed by atoms with Crippen molar-refractivity contribution in [3.8, 4) is 0 Å². The topological polar surface area (TPSA) is 59.9 Å². The Kier molecular flexibility index (Phi) is 5.34. The third-order valence-electron chi connectivity index (χ3n) is 5.77. The molecule has 128 valence electrons. The summed E-state index contributed by atoms with van der Waals surface area (Å²) in [6, 6.07) is 3.58. The summed E-state index contributed by atoms with van der Waals surface area (Å²) in [5, 5.41) is 8.30. The van der Waals surface area contributed by atoms with Gasteiger partial charge in [-0.05, 0) is 43.7 Å². The van der Waals surface area contributed by atoms with Crippen molar-refractivity contribution >= 4 is 9.84 Å². The van der Waals surface area contributed by atoms with E-state index in [9.17, 15) is 8.42 Å². The first-order valence-corrected chi connectivity index (χ1v) is 10.7. The lowest BCUT2D eigenvalue weighted by atomic mass is 9.79. The Bertz CT molecular complexity index is 600. The zero-order valence-electron chi connectivity index (χ0n) is 14.1. The van der Waals surface area contributed by atoms with E-state index in [2.05, 4.69) is 17.1 Å². The monoisotopic (exact) mass is 336 g/mol. The second kappa shape index (κ2) is 7.29. The number of hydrogen-bond donors (Lipinski definition) is 0. The van der Waals surface area contributed by atoms with Crippen molar-refractivity contribution in [2.45, 2.75) is 87.3 Å². The zero-order valence-corrected chi connectivity index (χ0v) is 14.9. The Morgan fingerprint density at radius 2 is 1.52 bits per heavy atom. The third-order valence-corrected chi connectivity index (χ3v) is 7.92. The molecular formula is C18H28N2O2S. The van der Waals surface area contributed by atoms with Crippen LogP contribution in [-0.2, 0) is 9.84 Å². The van der Waals surface area contributed by atoms with Gasteiger partial charge >= 0.3 is 0 Å². The van der Waals surface area contributed by atoms with Crippen molar-refractivity contribution in [3.05, 3.63) is 17.8 Å². The molecule has 0 aromatic carbocycles. The first kappa shape index (κ1) is 16.9. The summed E-state index contributed by atoms with van der Waals surface area (Å²) in [4.78, 5) is 0. The van der Waals surface area contributed by atoms with E-state index >= 15 is 0 Å². The van der Waals surface area contributed by atoms with Gasteiger partial charge in [-0.1, -0.05) is 45.4 Å². The molecule has 0 spiro atoms. The lowest BCUT2D eigenvalue weighted by Gasteiger charge is -2.27. The summed E-state index contributed by atoms with van der Waals surface area (Å²) in [5.74, 6) is 1.04. The van der Waals surface area contributed by atoms with E-state index in [0.29, 0.717) is 11.8 Å². The standard InChI is InChI=1S/C18H28N2O2S/c1-14(15-8-4-2-5-9-15)17-12-13-18(20-19-17)23(21,22)16-10-6-3-7-11-16/h12-16H,2-11H2,1H3. The summed E-state index contributed by atoms with van der Waals surface area (Å²) in [6.07, 6.45) is 11.2. The minimum Gasteiger partial charge on any atom is -0.222 e. The van der Waals surface area contributed by atoms with Crippen molar-refractivity contribution in [3.63, 3.8) is 0 Å². The van der Waals surface area contributed by atoms with Gasteiger partial charge in [0, 0.05) is 5.92 Å². The smallest absolute Gasteiger partial charge is 0.200 e. The molecule has 4 nitrogen and oxygen atoms in total. The quantitative estimate of drug-likeness (QED) is 0.824. The third kappa shape index (κ3) is 3.76. The van der Waals surface area contributed by atoms with Crippen LogP contribution in [0.1, 0.15) is 82.7 Å². The zero-order chi connectivity index (χ0) is 16.3. The SMILES string of the molecule is CC(c1ccc(S(=O)(=O)C2CCCCC2)nn1)C1CCCCC1. The van der Waals surface area contributed by atoms with Crippen LogP contribution in [0.15, 0.2) is 17.2 Å². The first-order valence-electron chi connectivity index (χ1n) is 9.16. The number of rotatable bonds is 4. The highest BCUT2D eigenvalue weighted by Gasteiger charge is 2.31. The van der Waals surface area contributed by atoms with Gasteiger partial charge in [0.05, 0.1) is 10.9 Å². The molecule has 0 amide bonds. The van der Waals surface area contributed by atoms with Crippen LogP contribution in [0.25, 0.3) is 0 Å². The van der Waals surface area contributed by atoms with Gasteiger partial charge in [0.15, 0.2) is 14.9 Å². The van der Waals surface area contributed by atoms with Gasteiger partial charge in [-0.15, -0.1) is 5.10 Å². The molecule has 1 unspecified atom stereocenters. The highest BCUT2D eigenvalue weighted by Crippen LogP contribution is 2.35. The maximum Gasteiger partial charge on any atom is 0.200 e. The molecule has 1 atom stereocenters. The van der Waals surface area contributed by atoms with Gasteiger partial charge < -0.3 is 0 Å². The fraction of sp³-hybridized carbons (Fsp3) is 0.778. The molecule has 23 heavy (non-hydrogen) atoms. The lowest BCUT2D eigenvalue weighted by Crippen LogP contribution is -2.25. The molecule has 0 radical (unpaired) electrons. The molecule has 3 rings (SSSR count). The van der Waals surface area contributed by atoms with Crippen LogP contribution in [0.3, 0.4) is 0 Å². The molecule has 2 aliphatic rings. The fourth-order valence-electron chi connectivity index (χ4n) is 4.15. The molecule has 0 saturated heterocycles. The minimum absolute atomic E-state index is 0.170. The second-order valence-corrected chi connectivity index (χ2v) is 9.46. The number of nitrogens with zero attached hydrogens (tertiary/aromatic N) is 2. The number of aromatic nitrogens is 2. The van der Waals surface area contributed by atoms with Crippen molar-refractivity contribution in [1.29, 1.82) is 0 Å². The predicted octanol–water partition coefficient (Wildman–Crippen LogP) is 4.27. The van der Waals surface area contributed by atoms with Crippen LogP contribution in [0.4, 0.5) is 0 Å². The molecule has 1 aromatic rings. The highest BCUT2D eigenvalue weighted by atomic mass is 32.2. The Balaban J connectivity index is 1.73. The molecule has 5 heteroatoms. The Hall–Kier alpha value is -0.970. The normalized spacial score (nSPS) is 22.8. The van der Waals surface area contributed by atoms with Crippen LogP contribution in [0.5, 0.6) is 0 Å². The molecular weight excluding hydrogens is 308 g/mol. The van der Waals surface area contributed by atoms with Gasteiger partial charge in [0.1, 0.15) is 0 Å². The Labute approximate surface area is 140 Å². The minimum atomic E-state index is -3.30. The van der Waals surface area contributed by atoms with Crippen molar-refractivity contribution in [2.75, 3.05) is 0 Å². The van der Waals surface area contributed by atoms with Crippen LogP contribution in [0, 0.1) is 5.92 Å². The molecule has 1 heterocycles.